The molecular weight excluding hydrogens is 368 g/mol. The van der Waals surface area contributed by atoms with Crippen LogP contribution in [-0.4, -0.2) is 34.0 Å². The van der Waals surface area contributed by atoms with Crippen LogP contribution in [0.4, 0.5) is 13.6 Å². The summed E-state index contributed by atoms with van der Waals surface area (Å²) in [5.41, 5.74) is -0.965. The van der Waals surface area contributed by atoms with Gasteiger partial charge < -0.3 is 15.4 Å². The van der Waals surface area contributed by atoms with E-state index in [-0.39, 0.29) is 12.3 Å². The molecule has 6 nitrogen and oxygen atoms in total. The summed E-state index contributed by atoms with van der Waals surface area (Å²) in [4.78, 5) is 28.8. The maximum absolute atomic E-state index is 13.3. The Hall–Kier alpha value is -2.25. The first-order chi connectivity index (χ1) is 13.3. The number of nitrogens with zero attached hydrogens (tertiary/aromatic N) is 1. The lowest BCUT2D eigenvalue weighted by Crippen LogP contribution is -2.70. The zero-order chi connectivity index (χ0) is 19.6. The minimum Gasteiger partial charge on any atom is -0.391 e. The topological polar surface area (TPSA) is 80.3 Å². The molecule has 28 heavy (non-hydrogen) atoms. The van der Waals surface area contributed by atoms with E-state index in [9.17, 15) is 18.4 Å². The first-order valence-corrected chi connectivity index (χ1v) is 9.87. The van der Waals surface area contributed by atoms with Gasteiger partial charge in [-0.25, -0.2) is 18.6 Å². The van der Waals surface area contributed by atoms with Crippen LogP contribution in [0.15, 0.2) is 24.4 Å². The zero-order valence-electron chi connectivity index (χ0n) is 15.4. The third kappa shape index (κ3) is 3.12. The Morgan fingerprint density at radius 2 is 1.68 bits per heavy atom. The lowest BCUT2D eigenvalue weighted by atomic mass is 9.50. The van der Waals surface area contributed by atoms with Gasteiger partial charge in [-0.3, -0.25) is 4.79 Å². The monoisotopic (exact) mass is 391 g/mol. The summed E-state index contributed by atoms with van der Waals surface area (Å²) >= 11 is 0. The van der Waals surface area contributed by atoms with E-state index in [0.29, 0.717) is 18.3 Å². The Kier molecular flexibility index (Phi) is 3.74. The molecule has 6 rings (SSSR count). The molecule has 1 aromatic heterocycles. The fourth-order valence-corrected chi connectivity index (χ4v) is 6.15. The van der Waals surface area contributed by atoms with Crippen molar-refractivity contribution < 1.29 is 23.1 Å². The molecule has 150 valence electrons. The van der Waals surface area contributed by atoms with E-state index >= 15 is 0 Å². The standard InChI is InChI=1S/C20H23F2N3O3/c21-20(22)10-14(20)16(26)24-18-6-12-5-13(7-18)9-19(8-12,11-18)25-17(27)28-15-3-1-2-4-23-15/h1-4,12-14H,5-11H2,(H,24,26)(H,25,27). The van der Waals surface area contributed by atoms with Gasteiger partial charge in [0.2, 0.25) is 11.8 Å². The van der Waals surface area contributed by atoms with Crippen LogP contribution >= 0.6 is 0 Å². The Labute approximate surface area is 161 Å². The number of alkyl halides is 2. The molecule has 3 atom stereocenters. The molecule has 3 unspecified atom stereocenters. The Morgan fingerprint density at radius 1 is 1.04 bits per heavy atom. The predicted molar refractivity (Wildman–Crippen MR) is 94.7 cm³/mol. The predicted octanol–water partition coefficient (Wildman–Crippen LogP) is 3.03. The SMILES string of the molecule is O=C(NC12CC3CC(C1)CC(NC(=O)C1CC1(F)F)(C3)C2)Oc1ccccn1. The molecular formula is C20H23F2N3O3. The highest BCUT2D eigenvalue weighted by Crippen LogP contribution is 2.58. The van der Waals surface area contributed by atoms with E-state index in [0.717, 1.165) is 32.1 Å². The molecule has 0 aliphatic heterocycles. The zero-order valence-corrected chi connectivity index (χ0v) is 15.4. The first-order valence-electron chi connectivity index (χ1n) is 9.87. The Morgan fingerprint density at radius 3 is 2.25 bits per heavy atom. The van der Waals surface area contributed by atoms with Gasteiger partial charge in [-0.15, -0.1) is 0 Å². The van der Waals surface area contributed by atoms with Crippen molar-refractivity contribution in [3.05, 3.63) is 24.4 Å². The average molecular weight is 391 g/mol. The summed E-state index contributed by atoms with van der Waals surface area (Å²) in [7, 11) is 0. The molecule has 5 aliphatic carbocycles. The van der Waals surface area contributed by atoms with Gasteiger partial charge in [-0.1, -0.05) is 6.07 Å². The minimum atomic E-state index is -2.87. The van der Waals surface area contributed by atoms with Crippen LogP contribution in [0.1, 0.15) is 44.9 Å². The summed E-state index contributed by atoms with van der Waals surface area (Å²) in [5, 5.41) is 6.00. The first kappa shape index (κ1) is 17.8. The van der Waals surface area contributed by atoms with E-state index in [1.807, 2.05) is 0 Å². The van der Waals surface area contributed by atoms with Crippen LogP contribution in [0.3, 0.4) is 0 Å². The molecule has 0 spiro atoms. The molecule has 5 aliphatic rings. The fraction of sp³-hybridized carbons (Fsp3) is 0.650. The summed E-state index contributed by atoms with van der Waals surface area (Å²) < 4.78 is 31.9. The molecule has 1 heterocycles. The van der Waals surface area contributed by atoms with Crippen LogP contribution in [0.25, 0.3) is 0 Å². The van der Waals surface area contributed by atoms with E-state index in [2.05, 4.69) is 15.6 Å². The maximum Gasteiger partial charge on any atom is 0.414 e. The van der Waals surface area contributed by atoms with Crippen molar-refractivity contribution in [1.29, 1.82) is 0 Å². The van der Waals surface area contributed by atoms with Crippen LogP contribution in [-0.2, 0) is 4.79 Å². The van der Waals surface area contributed by atoms with Crippen molar-refractivity contribution in [1.82, 2.24) is 15.6 Å². The van der Waals surface area contributed by atoms with Crippen LogP contribution < -0.4 is 15.4 Å². The summed E-state index contributed by atoms with van der Waals surface area (Å²) in [6.45, 7) is 0. The lowest BCUT2D eigenvalue weighted by Gasteiger charge is -2.62. The average Bonchev–Trinajstić information content (AvgIpc) is 3.22. The number of pyridine rings is 1. The van der Waals surface area contributed by atoms with Gasteiger partial charge in [-0.2, -0.15) is 0 Å². The number of hydrogen-bond acceptors (Lipinski definition) is 4. The number of rotatable bonds is 4. The normalized spacial score (nSPS) is 39.3. The Balaban J connectivity index is 1.30. The molecule has 8 heteroatoms. The van der Waals surface area contributed by atoms with Gasteiger partial charge in [0.15, 0.2) is 0 Å². The molecule has 2 amide bonds. The van der Waals surface area contributed by atoms with Crippen molar-refractivity contribution in [2.45, 2.75) is 61.9 Å². The third-order valence-corrected chi connectivity index (χ3v) is 6.79. The molecule has 0 aromatic carbocycles. The number of aromatic nitrogens is 1. The number of ether oxygens (including phenoxy) is 1. The maximum atomic E-state index is 13.3. The number of carbonyl (C=O) groups excluding carboxylic acids is 2. The second-order valence-corrected chi connectivity index (χ2v) is 9.21. The van der Waals surface area contributed by atoms with Crippen molar-refractivity contribution in [2.75, 3.05) is 0 Å². The van der Waals surface area contributed by atoms with Crippen molar-refractivity contribution in [2.24, 2.45) is 17.8 Å². The van der Waals surface area contributed by atoms with E-state index in [1.54, 1.807) is 24.4 Å². The van der Waals surface area contributed by atoms with Crippen molar-refractivity contribution in [3.8, 4) is 5.88 Å². The highest BCUT2D eigenvalue weighted by molar-refractivity contribution is 5.83. The van der Waals surface area contributed by atoms with E-state index in [4.69, 9.17) is 4.74 Å². The quantitative estimate of drug-likeness (QED) is 0.827. The highest BCUT2D eigenvalue weighted by atomic mass is 19.3. The summed E-state index contributed by atoms with van der Waals surface area (Å²) in [6, 6.07) is 5.08. The van der Waals surface area contributed by atoms with E-state index in [1.165, 1.54) is 0 Å². The fourth-order valence-electron chi connectivity index (χ4n) is 6.15. The number of hydrogen-bond donors (Lipinski definition) is 2. The smallest absolute Gasteiger partial charge is 0.391 e. The van der Waals surface area contributed by atoms with Gasteiger partial charge in [0, 0.05) is 29.8 Å². The molecule has 1 aromatic rings. The molecule has 5 fully saturated rings. The van der Waals surface area contributed by atoms with Crippen LogP contribution in [0, 0.1) is 17.8 Å². The Bertz CT molecular complexity index is 802. The molecule has 0 radical (unpaired) electrons. The van der Waals surface area contributed by atoms with Gasteiger partial charge in [0.1, 0.15) is 5.92 Å². The molecule has 2 N–H and O–H groups in total. The number of nitrogens with one attached hydrogen (secondary N) is 2. The minimum absolute atomic E-state index is 0.226. The van der Waals surface area contributed by atoms with Crippen LogP contribution in [0.2, 0.25) is 0 Å². The second kappa shape index (κ2) is 5.87. The van der Waals surface area contributed by atoms with Gasteiger partial charge in [0.25, 0.3) is 5.92 Å². The largest absolute Gasteiger partial charge is 0.414 e. The lowest BCUT2D eigenvalue weighted by molar-refractivity contribution is -0.131. The number of amides is 2. The van der Waals surface area contributed by atoms with Gasteiger partial charge >= 0.3 is 6.09 Å². The van der Waals surface area contributed by atoms with Crippen molar-refractivity contribution in [3.63, 3.8) is 0 Å². The van der Waals surface area contributed by atoms with Gasteiger partial charge in [0.05, 0.1) is 0 Å². The summed E-state index contributed by atoms with van der Waals surface area (Å²) in [6.07, 6.45) is 5.52. The van der Waals surface area contributed by atoms with E-state index < -0.39 is 34.9 Å². The third-order valence-electron chi connectivity index (χ3n) is 6.79. The number of carbonyl (C=O) groups is 2. The van der Waals surface area contributed by atoms with Crippen LogP contribution in [0.5, 0.6) is 5.88 Å². The van der Waals surface area contributed by atoms with Gasteiger partial charge in [-0.05, 0) is 56.4 Å². The molecule has 0 saturated heterocycles. The highest BCUT2D eigenvalue weighted by Gasteiger charge is 2.64. The second-order valence-electron chi connectivity index (χ2n) is 9.21. The molecule has 5 saturated carbocycles. The molecule has 4 bridgehead atoms. The summed E-state index contributed by atoms with van der Waals surface area (Å²) in [5.74, 6) is -3.64. The number of halogens is 2. The van der Waals surface area contributed by atoms with Crippen molar-refractivity contribution >= 4 is 12.0 Å².